The summed E-state index contributed by atoms with van der Waals surface area (Å²) in [6.45, 7) is 14.6. The van der Waals surface area contributed by atoms with E-state index in [1.165, 1.54) is 13.3 Å². The maximum atomic E-state index is 13.7. The number of alkyl carbamates (subject to hydrolysis) is 1. The van der Waals surface area contributed by atoms with Crippen LogP contribution in [-0.2, 0) is 19.1 Å². The average molecular weight is 613 g/mol. The molecule has 0 aliphatic heterocycles. The summed E-state index contributed by atoms with van der Waals surface area (Å²) in [6.07, 6.45) is 5.55. The molecule has 0 aromatic carbocycles. The van der Waals surface area contributed by atoms with Crippen LogP contribution in [0, 0.1) is 17.8 Å². The zero-order valence-electron chi connectivity index (χ0n) is 27.8. The Morgan fingerprint density at radius 3 is 2.00 bits per heavy atom. The second-order valence-corrected chi connectivity index (χ2v) is 13.4. The van der Waals surface area contributed by atoms with Gasteiger partial charge >= 0.3 is 6.09 Å². The molecule has 0 heterocycles. The highest BCUT2D eigenvalue weighted by Crippen LogP contribution is 2.29. The van der Waals surface area contributed by atoms with Crippen LogP contribution in [0.2, 0.25) is 0 Å². The van der Waals surface area contributed by atoms with Crippen molar-refractivity contribution in [2.45, 2.75) is 156 Å². The van der Waals surface area contributed by atoms with Crippen LogP contribution < -0.4 is 21.3 Å². The molecule has 4 amide bonds. The number of ether oxygens (including phenoxy) is 1. The van der Waals surface area contributed by atoms with Crippen molar-refractivity contribution in [2.24, 2.45) is 17.8 Å². The van der Waals surface area contributed by atoms with Gasteiger partial charge in [0.2, 0.25) is 17.7 Å². The maximum Gasteiger partial charge on any atom is 0.408 e. The van der Waals surface area contributed by atoms with Crippen molar-refractivity contribution in [1.29, 1.82) is 0 Å². The van der Waals surface area contributed by atoms with Crippen molar-refractivity contribution in [1.82, 2.24) is 21.3 Å². The molecule has 0 spiro atoms. The molecular weight excluding hydrogens is 552 g/mol. The fourth-order valence-corrected chi connectivity index (χ4v) is 5.35. The Labute approximate surface area is 259 Å². The summed E-state index contributed by atoms with van der Waals surface area (Å²) >= 11 is 0. The van der Waals surface area contributed by atoms with Gasteiger partial charge in [0.25, 0.3) is 0 Å². The minimum absolute atomic E-state index is 0.123. The summed E-state index contributed by atoms with van der Waals surface area (Å²) < 4.78 is 5.24. The van der Waals surface area contributed by atoms with Crippen LogP contribution in [0.15, 0.2) is 0 Å². The minimum Gasteiger partial charge on any atom is -0.444 e. The molecule has 250 valence electrons. The number of carbonyl (C=O) groups is 4. The fourth-order valence-electron chi connectivity index (χ4n) is 5.35. The van der Waals surface area contributed by atoms with E-state index in [1.807, 2.05) is 13.8 Å². The van der Waals surface area contributed by atoms with E-state index in [1.54, 1.807) is 27.7 Å². The number of aliphatic hydroxyl groups excluding tert-OH is 2. The maximum absolute atomic E-state index is 13.7. The molecule has 1 rings (SSSR count). The first kappa shape index (κ1) is 38.6. The molecule has 7 atom stereocenters. The normalized spacial score (nSPS) is 19.1. The molecule has 1 aliphatic carbocycles. The van der Waals surface area contributed by atoms with Crippen LogP contribution >= 0.6 is 0 Å². The van der Waals surface area contributed by atoms with Crippen molar-refractivity contribution in [3.05, 3.63) is 0 Å². The molecule has 6 N–H and O–H groups in total. The number of rotatable bonds is 17. The number of aliphatic hydroxyl groups is 2. The Balaban J connectivity index is 3.09. The number of nitrogens with one attached hydrogen (secondary N) is 4. The quantitative estimate of drug-likeness (QED) is 0.137. The fraction of sp³-hybridized carbons (Fsp3) is 0.875. The summed E-state index contributed by atoms with van der Waals surface area (Å²) in [4.78, 5) is 52.0. The first-order chi connectivity index (χ1) is 20.1. The molecule has 0 bridgehead atoms. The molecule has 1 aliphatic rings. The number of hydrogen-bond acceptors (Lipinski definition) is 7. The zero-order chi connectivity index (χ0) is 32.7. The smallest absolute Gasteiger partial charge is 0.408 e. The molecule has 43 heavy (non-hydrogen) atoms. The average Bonchev–Trinajstić information content (AvgIpc) is 2.93. The molecule has 1 fully saturated rings. The van der Waals surface area contributed by atoms with Gasteiger partial charge in [-0.2, -0.15) is 0 Å². The third kappa shape index (κ3) is 14.8. The Hall–Kier alpha value is -2.40. The molecule has 0 aromatic heterocycles. The molecular formula is C32H60N4O7. The van der Waals surface area contributed by atoms with Crippen molar-refractivity contribution in [3.63, 3.8) is 0 Å². The summed E-state index contributed by atoms with van der Waals surface area (Å²) in [5, 5.41) is 32.6. The minimum atomic E-state index is -1.34. The van der Waals surface area contributed by atoms with Crippen LogP contribution in [0.25, 0.3) is 0 Å². The molecule has 1 saturated carbocycles. The highest BCUT2D eigenvalue weighted by atomic mass is 16.6. The van der Waals surface area contributed by atoms with Crippen LogP contribution in [-0.4, -0.2) is 76.5 Å². The Morgan fingerprint density at radius 2 is 1.47 bits per heavy atom. The SMILES string of the molecule is CCCCNC(=O)[C@H](C)C[C@H](O)[C@H](CC1CCCCC1)NC(=O)[C@@H](NC(=O)[C@@H](NC(=O)OC(C)(C)C)[C@@H](C)O)[C@@H](C)CC. The molecule has 0 aromatic rings. The van der Waals surface area contributed by atoms with Gasteiger partial charge in [0, 0.05) is 12.5 Å². The largest absolute Gasteiger partial charge is 0.444 e. The standard InChI is InChI=1S/C32H60N4O7/c1-9-11-17-33-28(39)21(4)18-25(38)24(19-23-15-13-12-14-16-23)34-29(40)26(20(3)10-2)35-30(41)27(22(5)37)36-31(42)43-32(6,7)8/h20-27,37-38H,9-19H2,1-8H3,(H,33,39)(H,34,40)(H,35,41)(H,36,42)/t20-,21+,22+,24-,25-,26-,27-/m0/s1. The highest BCUT2D eigenvalue weighted by Gasteiger charge is 2.35. The summed E-state index contributed by atoms with van der Waals surface area (Å²) in [7, 11) is 0. The first-order valence-electron chi connectivity index (χ1n) is 16.3. The van der Waals surface area contributed by atoms with Gasteiger partial charge in [-0.25, -0.2) is 4.79 Å². The Kier molecular flexibility index (Phi) is 17.1. The molecule has 11 heteroatoms. The summed E-state index contributed by atoms with van der Waals surface area (Å²) in [5.74, 6) is -1.67. The van der Waals surface area contributed by atoms with E-state index in [4.69, 9.17) is 4.74 Å². The van der Waals surface area contributed by atoms with Crippen LogP contribution in [0.1, 0.15) is 120 Å². The van der Waals surface area contributed by atoms with E-state index in [9.17, 15) is 29.4 Å². The number of hydrogen-bond donors (Lipinski definition) is 6. The number of unbranched alkanes of at least 4 members (excludes halogenated alkanes) is 1. The van der Waals surface area contributed by atoms with Crippen LogP contribution in [0.4, 0.5) is 4.79 Å². The van der Waals surface area contributed by atoms with Gasteiger partial charge in [-0.15, -0.1) is 0 Å². The highest BCUT2D eigenvalue weighted by molar-refractivity contribution is 5.92. The van der Waals surface area contributed by atoms with E-state index in [-0.39, 0.29) is 18.2 Å². The van der Waals surface area contributed by atoms with Gasteiger partial charge in [-0.05, 0) is 58.8 Å². The van der Waals surface area contributed by atoms with Gasteiger partial charge in [0.15, 0.2) is 0 Å². The Bertz CT molecular complexity index is 870. The van der Waals surface area contributed by atoms with Gasteiger partial charge in [0.1, 0.15) is 17.7 Å². The molecule has 0 radical (unpaired) electrons. The number of amides is 4. The van der Waals surface area contributed by atoms with Gasteiger partial charge in [-0.1, -0.05) is 72.6 Å². The van der Waals surface area contributed by atoms with Crippen LogP contribution in [0.5, 0.6) is 0 Å². The lowest BCUT2D eigenvalue weighted by Gasteiger charge is -2.33. The van der Waals surface area contributed by atoms with Gasteiger partial charge in [-0.3, -0.25) is 14.4 Å². The zero-order valence-corrected chi connectivity index (χ0v) is 27.8. The van der Waals surface area contributed by atoms with Crippen molar-refractivity contribution >= 4 is 23.8 Å². The van der Waals surface area contributed by atoms with Crippen molar-refractivity contribution < 1.29 is 34.1 Å². The summed E-state index contributed by atoms with van der Waals surface area (Å²) in [5.41, 5.74) is -0.801. The third-order valence-corrected chi connectivity index (χ3v) is 8.21. The predicted molar refractivity (Wildman–Crippen MR) is 167 cm³/mol. The van der Waals surface area contributed by atoms with E-state index >= 15 is 0 Å². The van der Waals surface area contributed by atoms with Gasteiger partial charge < -0.3 is 36.2 Å². The lowest BCUT2D eigenvalue weighted by Crippen LogP contribution is -2.60. The van der Waals surface area contributed by atoms with Crippen LogP contribution in [0.3, 0.4) is 0 Å². The van der Waals surface area contributed by atoms with E-state index in [0.717, 1.165) is 38.5 Å². The Morgan fingerprint density at radius 1 is 0.860 bits per heavy atom. The van der Waals surface area contributed by atoms with Gasteiger partial charge in [0.05, 0.1) is 18.2 Å². The second kappa shape index (κ2) is 19.1. The van der Waals surface area contributed by atoms with E-state index in [0.29, 0.717) is 25.3 Å². The molecule has 0 unspecified atom stereocenters. The van der Waals surface area contributed by atoms with E-state index in [2.05, 4.69) is 28.2 Å². The molecule has 0 saturated heterocycles. The van der Waals surface area contributed by atoms with E-state index < -0.39 is 59.8 Å². The molecule has 11 nitrogen and oxygen atoms in total. The van der Waals surface area contributed by atoms with Crippen molar-refractivity contribution in [3.8, 4) is 0 Å². The second-order valence-electron chi connectivity index (χ2n) is 13.4. The predicted octanol–water partition coefficient (Wildman–Crippen LogP) is 3.55. The number of carbonyl (C=O) groups excluding carboxylic acids is 4. The first-order valence-corrected chi connectivity index (χ1v) is 16.3. The van der Waals surface area contributed by atoms with Crippen molar-refractivity contribution in [2.75, 3.05) is 6.54 Å². The lowest BCUT2D eigenvalue weighted by molar-refractivity contribution is -0.133. The monoisotopic (exact) mass is 612 g/mol. The lowest BCUT2D eigenvalue weighted by atomic mass is 9.82. The third-order valence-electron chi connectivity index (χ3n) is 8.21. The topological polar surface area (TPSA) is 166 Å². The summed E-state index contributed by atoms with van der Waals surface area (Å²) in [6, 6.07) is -2.92.